The number of para-hydroxylation sites is 2. The van der Waals surface area contributed by atoms with E-state index in [0.717, 1.165) is 53.3 Å². The van der Waals surface area contributed by atoms with Crippen molar-refractivity contribution in [2.75, 3.05) is 24.5 Å². The van der Waals surface area contributed by atoms with Crippen molar-refractivity contribution in [3.05, 3.63) is 166 Å². The van der Waals surface area contributed by atoms with E-state index in [0.29, 0.717) is 19.0 Å². The number of fused-ring (bicyclic) bond motifs is 2. The summed E-state index contributed by atoms with van der Waals surface area (Å²) in [5, 5.41) is 2.24. The highest BCUT2D eigenvalue weighted by Gasteiger charge is 2.32. The zero-order chi connectivity index (χ0) is 44.2. The normalized spacial score (nSPS) is 20.8. The maximum Gasteiger partial charge on any atom is 0.262 e. The monoisotopic (exact) mass is 917 g/mol. The molecule has 1 unspecified atom stereocenters. The quantitative estimate of drug-likeness (QED) is 0.108. The van der Waals surface area contributed by atoms with Crippen LogP contribution in [0.2, 0.25) is 0 Å². The number of anilines is 1. The van der Waals surface area contributed by atoms with Crippen molar-refractivity contribution >= 4 is 65.1 Å². The molecule has 1 saturated carbocycles. The predicted octanol–water partition coefficient (Wildman–Crippen LogP) is 11.0. The molecule has 1 aromatic heterocycles. The molecule has 328 valence electrons. The standard InChI is InChI=1S/C51H57N4O4S4/c1-50(2)34-38(30-40(36-50)32-48-54(44-22-11-13-24-46(44)60-48)28-26-52-62(56,57)42-18-7-5-8-19-42)16-15-17-39-31-41(37-51(3,4)35-39)33-49-55(45-23-12-14-25-47(45)61-49)29-27-53-63(58,59)43-20-9-6-10-21-43/h5-25,30,32-33,39,52-53H,26-29,31,34-37H2,1-4H3/q+1/b17-15+,38-16-,41-33-,48-32-. The predicted molar refractivity (Wildman–Crippen MR) is 260 cm³/mol. The summed E-state index contributed by atoms with van der Waals surface area (Å²) in [6, 6.07) is 33.8. The first-order valence-electron chi connectivity index (χ1n) is 21.7. The number of sulfonamides is 2. The maximum atomic E-state index is 13.0. The SMILES string of the molecule is CC1(C)CC(/C=C2\Sc3ccccc3N2CCNS(=O)(=O)c2ccccc2)=CC(=C/C=C/C2C/C(=C/c3sc4ccccc4[n+]3CCNS(=O)(=O)c3ccccc3)CC(C)(C)C2)/C1. The lowest BCUT2D eigenvalue weighted by Gasteiger charge is -2.35. The molecule has 1 fully saturated rings. The number of thioether (sulfide) groups is 1. The second kappa shape index (κ2) is 18.9. The first kappa shape index (κ1) is 45.0. The first-order chi connectivity index (χ1) is 30.1. The zero-order valence-electron chi connectivity index (χ0n) is 36.5. The van der Waals surface area contributed by atoms with Crippen molar-refractivity contribution < 1.29 is 21.4 Å². The number of benzene rings is 4. The molecule has 8 rings (SSSR count). The molecule has 0 bridgehead atoms. The fourth-order valence-electron chi connectivity index (χ4n) is 9.23. The van der Waals surface area contributed by atoms with E-state index < -0.39 is 20.0 Å². The summed E-state index contributed by atoms with van der Waals surface area (Å²) < 4.78 is 61.1. The second-order valence-corrected chi connectivity index (χ2v) is 24.0. The highest BCUT2D eigenvalue weighted by Crippen LogP contribution is 2.48. The number of aromatic nitrogens is 1. The molecular formula is C51H57N4O4S4+. The molecule has 2 heterocycles. The number of rotatable bonds is 14. The molecular weight excluding hydrogens is 861 g/mol. The van der Waals surface area contributed by atoms with Crippen LogP contribution in [0.25, 0.3) is 16.3 Å². The summed E-state index contributed by atoms with van der Waals surface area (Å²) in [4.78, 5) is 3.95. The van der Waals surface area contributed by atoms with Gasteiger partial charge < -0.3 is 4.90 Å². The molecule has 63 heavy (non-hydrogen) atoms. The van der Waals surface area contributed by atoms with E-state index in [9.17, 15) is 16.8 Å². The third kappa shape index (κ3) is 11.2. The molecule has 0 saturated heterocycles. The summed E-state index contributed by atoms with van der Waals surface area (Å²) in [6.45, 7) is 11.0. The molecule has 2 N–H and O–H groups in total. The second-order valence-electron chi connectivity index (χ2n) is 18.4. The van der Waals surface area contributed by atoms with Gasteiger partial charge in [-0.15, -0.1) is 0 Å². The van der Waals surface area contributed by atoms with Crippen molar-refractivity contribution in [1.82, 2.24) is 9.44 Å². The van der Waals surface area contributed by atoms with E-state index >= 15 is 0 Å². The van der Waals surface area contributed by atoms with Crippen LogP contribution in [0.1, 0.15) is 64.8 Å². The Morgan fingerprint density at radius 3 is 2.13 bits per heavy atom. The van der Waals surface area contributed by atoms with E-state index in [1.54, 1.807) is 71.6 Å². The van der Waals surface area contributed by atoms with Crippen LogP contribution in [0, 0.1) is 16.7 Å². The Labute approximate surface area is 382 Å². The summed E-state index contributed by atoms with van der Waals surface area (Å²) in [6.07, 6.45) is 19.0. The molecule has 4 aromatic carbocycles. The van der Waals surface area contributed by atoms with E-state index in [2.05, 4.69) is 119 Å². The lowest BCUT2D eigenvalue weighted by molar-refractivity contribution is -0.666. The van der Waals surface area contributed by atoms with Gasteiger partial charge in [-0.05, 0) is 109 Å². The van der Waals surface area contributed by atoms with Crippen LogP contribution in [0.3, 0.4) is 0 Å². The van der Waals surface area contributed by atoms with Gasteiger partial charge in [-0.25, -0.2) is 26.3 Å². The van der Waals surface area contributed by atoms with Crippen molar-refractivity contribution in [1.29, 1.82) is 0 Å². The van der Waals surface area contributed by atoms with Gasteiger partial charge in [0.05, 0.1) is 27.1 Å². The lowest BCUT2D eigenvalue weighted by Crippen LogP contribution is -2.41. The minimum atomic E-state index is -3.61. The van der Waals surface area contributed by atoms with Crippen molar-refractivity contribution in [2.45, 2.75) is 81.0 Å². The number of allylic oxidation sites excluding steroid dienone is 8. The van der Waals surface area contributed by atoms with Gasteiger partial charge in [0.1, 0.15) is 4.70 Å². The van der Waals surface area contributed by atoms with Gasteiger partial charge in [0.25, 0.3) is 5.01 Å². The number of thiazole rings is 1. The highest BCUT2D eigenvalue weighted by molar-refractivity contribution is 8.03. The Kier molecular flexibility index (Phi) is 13.5. The van der Waals surface area contributed by atoms with Crippen LogP contribution in [-0.2, 0) is 26.6 Å². The van der Waals surface area contributed by atoms with Gasteiger partial charge in [0.15, 0.2) is 6.54 Å². The van der Waals surface area contributed by atoms with Gasteiger partial charge in [0, 0.05) is 30.1 Å². The van der Waals surface area contributed by atoms with Gasteiger partial charge in [-0.2, -0.15) is 4.57 Å². The Morgan fingerprint density at radius 2 is 1.40 bits per heavy atom. The summed E-state index contributed by atoms with van der Waals surface area (Å²) in [5.41, 5.74) is 6.41. The Morgan fingerprint density at radius 1 is 0.746 bits per heavy atom. The smallest absolute Gasteiger partial charge is 0.262 e. The minimum Gasteiger partial charge on any atom is -0.334 e. The van der Waals surface area contributed by atoms with Gasteiger partial charge >= 0.3 is 0 Å². The van der Waals surface area contributed by atoms with Gasteiger partial charge in [-0.3, -0.25) is 0 Å². The van der Waals surface area contributed by atoms with E-state index in [1.165, 1.54) is 26.3 Å². The average Bonchev–Trinajstić information content (AvgIpc) is 3.76. The van der Waals surface area contributed by atoms with Crippen LogP contribution < -0.4 is 18.9 Å². The first-order valence-corrected chi connectivity index (χ1v) is 26.3. The molecule has 2 aliphatic carbocycles. The van der Waals surface area contributed by atoms with Crippen LogP contribution in [0.4, 0.5) is 5.69 Å². The summed E-state index contributed by atoms with van der Waals surface area (Å²) >= 11 is 3.50. The topological polar surface area (TPSA) is 99.5 Å². The average molecular weight is 918 g/mol. The summed E-state index contributed by atoms with van der Waals surface area (Å²) in [7, 11) is -7.22. The van der Waals surface area contributed by atoms with E-state index in [1.807, 2.05) is 24.3 Å². The van der Waals surface area contributed by atoms with Crippen molar-refractivity contribution in [3.63, 3.8) is 0 Å². The minimum absolute atomic E-state index is 0.0801. The molecule has 1 atom stereocenters. The molecule has 0 spiro atoms. The molecule has 5 aromatic rings. The fraction of sp³-hybridized carbons (Fsp3) is 0.314. The Hall–Kier alpha value is -4.56. The highest BCUT2D eigenvalue weighted by atomic mass is 32.2. The molecule has 12 heteroatoms. The summed E-state index contributed by atoms with van der Waals surface area (Å²) in [5.74, 6) is 0.390. The molecule has 0 amide bonds. The molecule has 0 radical (unpaired) electrons. The molecule has 1 aliphatic heterocycles. The fourth-order valence-corrected chi connectivity index (χ4v) is 13.7. The van der Waals surface area contributed by atoms with Crippen LogP contribution >= 0.6 is 23.1 Å². The van der Waals surface area contributed by atoms with Gasteiger partial charge in [0.2, 0.25) is 25.6 Å². The van der Waals surface area contributed by atoms with Crippen LogP contribution in [0.5, 0.6) is 0 Å². The van der Waals surface area contributed by atoms with Crippen LogP contribution in [0.15, 0.2) is 176 Å². The number of hydrogen-bond donors (Lipinski definition) is 2. The third-order valence-corrected chi connectivity index (χ3v) is 16.9. The van der Waals surface area contributed by atoms with Crippen molar-refractivity contribution in [2.24, 2.45) is 16.7 Å². The van der Waals surface area contributed by atoms with E-state index in [4.69, 9.17) is 0 Å². The molecule has 8 nitrogen and oxygen atoms in total. The Balaban J connectivity index is 0.983. The maximum absolute atomic E-state index is 13.0. The van der Waals surface area contributed by atoms with Gasteiger partial charge in [-0.1, -0.05) is 141 Å². The number of nitrogens with one attached hydrogen (secondary N) is 2. The largest absolute Gasteiger partial charge is 0.334 e. The lowest BCUT2D eigenvalue weighted by atomic mass is 9.70. The molecule has 3 aliphatic rings. The van der Waals surface area contributed by atoms with Crippen molar-refractivity contribution in [3.8, 4) is 0 Å². The zero-order valence-corrected chi connectivity index (χ0v) is 39.7. The third-order valence-electron chi connectivity index (χ3n) is 11.7. The number of hydrogen-bond acceptors (Lipinski definition) is 7. The van der Waals surface area contributed by atoms with Crippen LogP contribution in [-0.4, -0.2) is 36.5 Å². The number of nitrogens with zero attached hydrogens (tertiary/aromatic N) is 2. The van der Waals surface area contributed by atoms with E-state index in [-0.39, 0.29) is 33.7 Å². The Bertz CT molecular complexity index is 2840.